The summed E-state index contributed by atoms with van der Waals surface area (Å²) in [6.07, 6.45) is 2.83. The molecule has 1 aliphatic carbocycles. The van der Waals surface area contributed by atoms with Crippen molar-refractivity contribution in [1.29, 1.82) is 0 Å². The van der Waals surface area contributed by atoms with Gasteiger partial charge in [0.05, 0.1) is 12.7 Å². The summed E-state index contributed by atoms with van der Waals surface area (Å²) in [5.74, 6) is 0. The van der Waals surface area contributed by atoms with E-state index in [4.69, 9.17) is 10.5 Å². The maximum absolute atomic E-state index is 5.94. The first-order valence-corrected chi connectivity index (χ1v) is 6.90. The van der Waals surface area contributed by atoms with Crippen LogP contribution >= 0.6 is 0 Å². The molecule has 1 heterocycles. The predicted molar refractivity (Wildman–Crippen MR) is 72.2 cm³/mol. The zero-order valence-electron chi connectivity index (χ0n) is 10.8. The quantitative estimate of drug-likeness (QED) is 0.877. The minimum Gasteiger partial charge on any atom is -0.375 e. The molecule has 1 saturated heterocycles. The fraction of sp³-hybridized carbons (Fsp3) is 0.600. The van der Waals surface area contributed by atoms with Gasteiger partial charge < -0.3 is 10.5 Å². The number of morpholine rings is 1. The molecule has 98 valence electrons. The average molecular weight is 246 g/mol. The Morgan fingerprint density at radius 2 is 2.06 bits per heavy atom. The first kappa shape index (κ1) is 12.2. The molecule has 3 rings (SSSR count). The van der Waals surface area contributed by atoms with Crippen LogP contribution in [0.4, 0.5) is 0 Å². The lowest BCUT2D eigenvalue weighted by Gasteiger charge is -2.37. The second kappa shape index (κ2) is 5.00. The Kier molecular flexibility index (Phi) is 3.37. The van der Waals surface area contributed by atoms with Crippen molar-refractivity contribution in [2.24, 2.45) is 11.1 Å². The largest absolute Gasteiger partial charge is 0.375 e. The summed E-state index contributed by atoms with van der Waals surface area (Å²) >= 11 is 0. The van der Waals surface area contributed by atoms with E-state index in [9.17, 15) is 0 Å². The molecule has 1 aromatic carbocycles. The molecule has 0 radical (unpaired) electrons. The monoisotopic (exact) mass is 246 g/mol. The van der Waals surface area contributed by atoms with Crippen LogP contribution in [-0.2, 0) is 11.3 Å². The normalized spacial score (nSPS) is 27.1. The third-order valence-corrected chi connectivity index (χ3v) is 4.38. The molecular weight excluding hydrogens is 224 g/mol. The average Bonchev–Trinajstić information content (AvgIpc) is 3.21. The molecule has 1 saturated carbocycles. The van der Waals surface area contributed by atoms with E-state index in [2.05, 4.69) is 35.2 Å². The Hall–Kier alpha value is -0.900. The lowest BCUT2D eigenvalue weighted by molar-refractivity contribution is -0.0659. The number of nitrogens with two attached hydrogens (primary N) is 1. The van der Waals surface area contributed by atoms with Crippen LogP contribution in [0.2, 0.25) is 0 Å². The van der Waals surface area contributed by atoms with E-state index in [-0.39, 0.29) is 0 Å². The highest BCUT2D eigenvalue weighted by Crippen LogP contribution is 2.49. The van der Waals surface area contributed by atoms with Gasteiger partial charge in [0, 0.05) is 31.6 Å². The van der Waals surface area contributed by atoms with Crippen LogP contribution in [-0.4, -0.2) is 37.2 Å². The van der Waals surface area contributed by atoms with Gasteiger partial charge in [0.1, 0.15) is 0 Å². The second-order valence-corrected chi connectivity index (χ2v) is 5.65. The lowest BCUT2D eigenvalue weighted by atomic mass is 9.97. The molecule has 0 aromatic heterocycles. The lowest BCUT2D eigenvalue weighted by Crippen LogP contribution is -2.47. The molecule has 0 amide bonds. The highest BCUT2D eigenvalue weighted by molar-refractivity contribution is 5.14. The Balaban J connectivity index is 1.61. The van der Waals surface area contributed by atoms with E-state index in [0.29, 0.717) is 11.5 Å². The smallest absolute Gasteiger partial charge is 0.0770 e. The van der Waals surface area contributed by atoms with E-state index in [1.165, 1.54) is 18.4 Å². The summed E-state index contributed by atoms with van der Waals surface area (Å²) in [4.78, 5) is 2.50. The summed E-state index contributed by atoms with van der Waals surface area (Å²) in [7, 11) is 0. The number of rotatable bonds is 4. The van der Waals surface area contributed by atoms with Gasteiger partial charge in [-0.15, -0.1) is 0 Å². The van der Waals surface area contributed by atoms with Gasteiger partial charge in [-0.05, 0) is 18.4 Å². The van der Waals surface area contributed by atoms with E-state index < -0.39 is 0 Å². The van der Waals surface area contributed by atoms with Crippen LogP contribution in [0.1, 0.15) is 18.4 Å². The van der Waals surface area contributed by atoms with Gasteiger partial charge in [-0.3, -0.25) is 4.90 Å². The van der Waals surface area contributed by atoms with Gasteiger partial charge in [0.25, 0.3) is 0 Å². The van der Waals surface area contributed by atoms with Crippen molar-refractivity contribution in [1.82, 2.24) is 4.90 Å². The summed E-state index contributed by atoms with van der Waals surface area (Å²) in [6, 6.07) is 10.7. The summed E-state index contributed by atoms with van der Waals surface area (Å²) in [5, 5.41) is 0. The van der Waals surface area contributed by atoms with E-state index in [1.54, 1.807) is 0 Å². The third-order valence-electron chi connectivity index (χ3n) is 4.38. The Bertz CT molecular complexity index is 389. The highest BCUT2D eigenvalue weighted by atomic mass is 16.5. The highest BCUT2D eigenvalue weighted by Gasteiger charge is 2.50. The first-order chi connectivity index (χ1) is 8.82. The number of hydrogen-bond acceptors (Lipinski definition) is 3. The minimum absolute atomic E-state index is 0.301. The van der Waals surface area contributed by atoms with Crippen LogP contribution < -0.4 is 5.73 Å². The molecular formula is C15H22N2O. The van der Waals surface area contributed by atoms with Crippen molar-refractivity contribution >= 4 is 0 Å². The molecule has 1 aliphatic heterocycles. The summed E-state index contributed by atoms with van der Waals surface area (Å²) in [5.41, 5.74) is 7.59. The number of ether oxygens (including phenoxy) is 1. The standard InChI is InChI=1S/C15H22N2O/c16-12-15(6-7-15)14-11-17(8-9-18-14)10-13-4-2-1-3-5-13/h1-5,14H,6-12,16H2. The maximum atomic E-state index is 5.94. The van der Waals surface area contributed by atoms with E-state index in [0.717, 1.165) is 32.8 Å². The van der Waals surface area contributed by atoms with Crippen LogP contribution in [0.15, 0.2) is 30.3 Å². The van der Waals surface area contributed by atoms with Crippen LogP contribution in [0.25, 0.3) is 0 Å². The Morgan fingerprint density at radius 3 is 2.72 bits per heavy atom. The molecule has 2 aliphatic rings. The van der Waals surface area contributed by atoms with Crippen molar-refractivity contribution in [3.05, 3.63) is 35.9 Å². The van der Waals surface area contributed by atoms with Crippen LogP contribution in [0, 0.1) is 5.41 Å². The topological polar surface area (TPSA) is 38.5 Å². The van der Waals surface area contributed by atoms with Gasteiger partial charge in [-0.2, -0.15) is 0 Å². The molecule has 0 spiro atoms. The van der Waals surface area contributed by atoms with Crippen molar-refractivity contribution in [3.8, 4) is 0 Å². The van der Waals surface area contributed by atoms with Crippen LogP contribution in [0.3, 0.4) is 0 Å². The molecule has 1 aromatic rings. The molecule has 1 atom stereocenters. The minimum atomic E-state index is 0.301. The Labute approximate surface area is 109 Å². The van der Waals surface area contributed by atoms with E-state index in [1.807, 2.05) is 0 Å². The molecule has 3 nitrogen and oxygen atoms in total. The van der Waals surface area contributed by atoms with Crippen molar-refractivity contribution in [2.45, 2.75) is 25.5 Å². The van der Waals surface area contributed by atoms with Gasteiger partial charge in [-0.25, -0.2) is 0 Å². The molecule has 2 fully saturated rings. The third kappa shape index (κ3) is 2.44. The van der Waals surface area contributed by atoms with Crippen LogP contribution in [0.5, 0.6) is 0 Å². The second-order valence-electron chi connectivity index (χ2n) is 5.65. The van der Waals surface area contributed by atoms with Gasteiger partial charge >= 0.3 is 0 Å². The molecule has 2 N–H and O–H groups in total. The van der Waals surface area contributed by atoms with E-state index >= 15 is 0 Å². The maximum Gasteiger partial charge on any atom is 0.0770 e. The molecule has 1 unspecified atom stereocenters. The number of benzene rings is 1. The number of hydrogen-bond donors (Lipinski definition) is 1. The zero-order valence-corrected chi connectivity index (χ0v) is 10.8. The summed E-state index contributed by atoms with van der Waals surface area (Å²) < 4.78 is 5.94. The molecule has 0 bridgehead atoms. The van der Waals surface area contributed by atoms with Crippen molar-refractivity contribution in [2.75, 3.05) is 26.2 Å². The SMILES string of the molecule is NCC1(C2CN(Cc3ccccc3)CCO2)CC1. The fourth-order valence-electron chi connectivity index (χ4n) is 2.88. The molecule has 3 heteroatoms. The zero-order chi connectivity index (χ0) is 12.4. The number of nitrogens with zero attached hydrogens (tertiary/aromatic N) is 1. The fourth-order valence-corrected chi connectivity index (χ4v) is 2.88. The first-order valence-electron chi connectivity index (χ1n) is 6.90. The molecule has 18 heavy (non-hydrogen) atoms. The van der Waals surface area contributed by atoms with Gasteiger partial charge in [0.15, 0.2) is 0 Å². The predicted octanol–water partition coefficient (Wildman–Crippen LogP) is 1.63. The van der Waals surface area contributed by atoms with Crippen molar-refractivity contribution in [3.63, 3.8) is 0 Å². The van der Waals surface area contributed by atoms with Gasteiger partial charge in [0.2, 0.25) is 0 Å². The van der Waals surface area contributed by atoms with Crippen molar-refractivity contribution < 1.29 is 4.74 Å². The summed E-state index contributed by atoms with van der Waals surface area (Å²) in [6.45, 7) is 4.72. The van der Waals surface area contributed by atoms with Gasteiger partial charge in [-0.1, -0.05) is 30.3 Å². The Morgan fingerprint density at radius 1 is 1.28 bits per heavy atom.